The van der Waals surface area contributed by atoms with E-state index in [2.05, 4.69) is 4.98 Å². The van der Waals surface area contributed by atoms with E-state index in [0.29, 0.717) is 22.6 Å². The normalized spacial score (nSPS) is 17.6. The van der Waals surface area contributed by atoms with Crippen LogP contribution < -0.4 is 4.74 Å². The molecule has 7 nitrogen and oxygen atoms in total. The number of rotatable bonds is 5. The Morgan fingerprint density at radius 2 is 1.77 bits per heavy atom. The van der Waals surface area contributed by atoms with Crippen molar-refractivity contribution in [1.82, 2.24) is 9.88 Å². The predicted molar refractivity (Wildman–Crippen MR) is 132 cm³/mol. The SMILES string of the molecule is COc1ccc(/C(O)=C2/C(=O)C(=O)N(Cc3ccccn3)C2c2ccc(O)cc2)cc1C(C)(C)C. The summed E-state index contributed by atoms with van der Waals surface area (Å²) in [5, 5.41) is 21.2. The molecule has 1 fully saturated rings. The number of nitrogens with zero attached hydrogens (tertiary/aromatic N) is 2. The van der Waals surface area contributed by atoms with E-state index in [1.54, 1.807) is 61.8 Å². The second-order valence-corrected chi connectivity index (χ2v) is 9.50. The first kappa shape index (κ1) is 24.0. The standard InChI is InChI=1S/C28H28N2O5/c1-28(2,3)21-15-18(10-13-22(21)35-4)25(32)23-24(17-8-11-20(31)12-9-17)30(27(34)26(23)33)16-19-7-5-6-14-29-19/h5-15,24,31-32H,16H2,1-4H3/b25-23-. The van der Waals surface area contributed by atoms with Gasteiger partial charge < -0.3 is 19.8 Å². The molecular weight excluding hydrogens is 444 g/mol. The van der Waals surface area contributed by atoms with Gasteiger partial charge in [0.2, 0.25) is 0 Å². The molecule has 1 saturated heterocycles. The lowest BCUT2D eigenvalue weighted by atomic mass is 9.84. The average Bonchev–Trinajstić information content (AvgIpc) is 3.08. The number of Topliss-reactive ketones (excluding diaryl/α,β-unsaturated/α-hetero) is 1. The third-order valence-electron chi connectivity index (χ3n) is 6.09. The van der Waals surface area contributed by atoms with Gasteiger partial charge >= 0.3 is 0 Å². The van der Waals surface area contributed by atoms with E-state index in [0.717, 1.165) is 5.56 Å². The molecular formula is C28H28N2O5. The molecule has 180 valence electrons. The van der Waals surface area contributed by atoms with Gasteiger partial charge in [0.1, 0.15) is 17.3 Å². The van der Waals surface area contributed by atoms with Crippen molar-refractivity contribution < 1.29 is 24.5 Å². The number of hydrogen-bond acceptors (Lipinski definition) is 6. The number of hydrogen-bond donors (Lipinski definition) is 2. The predicted octanol–water partition coefficient (Wildman–Crippen LogP) is 4.72. The number of carbonyl (C=O) groups excluding carboxylic acids is 2. The summed E-state index contributed by atoms with van der Waals surface area (Å²) in [6.45, 7) is 6.16. The van der Waals surface area contributed by atoms with Crippen LogP contribution in [0.15, 0.2) is 72.4 Å². The lowest BCUT2D eigenvalue weighted by Crippen LogP contribution is -2.29. The average molecular weight is 473 g/mol. The summed E-state index contributed by atoms with van der Waals surface area (Å²) >= 11 is 0. The Morgan fingerprint density at radius 3 is 2.37 bits per heavy atom. The monoisotopic (exact) mass is 472 g/mol. The Hall–Kier alpha value is -4.13. The van der Waals surface area contributed by atoms with Crippen molar-refractivity contribution >= 4 is 17.4 Å². The Kier molecular flexibility index (Phi) is 6.35. The Bertz CT molecular complexity index is 1290. The van der Waals surface area contributed by atoms with Crippen molar-refractivity contribution in [3.63, 3.8) is 0 Å². The summed E-state index contributed by atoms with van der Waals surface area (Å²) in [6, 6.07) is 15.9. The van der Waals surface area contributed by atoms with Crippen LogP contribution in [0.3, 0.4) is 0 Å². The fourth-order valence-corrected chi connectivity index (χ4v) is 4.31. The van der Waals surface area contributed by atoms with Gasteiger partial charge in [-0.05, 0) is 53.4 Å². The Labute approximate surface area is 204 Å². The third kappa shape index (κ3) is 4.62. The smallest absolute Gasteiger partial charge is 0.296 e. The number of amides is 1. The number of phenols is 1. The van der Waals surface area contributed by atoms with Crippen molar-refractivity contribution in [2.24, 2.45) is 0 Å². The number of ether oxygens (including phenoxy) is 1. The summed E-state index contributed by atoms with van der Waals surface area (Å²) in [7, 11) is 1.58. The van der Waals surface area contributed by atoms with Gasteiger partial charge in [-0.2, -0.15) is 0 Å². The number of pyridine rings is 1. The third-order valence-corrected chi connectivity index (χ3v) is 6.09. The number of methoxy groups -OCH3 is 1. The molecule has 7 heteroatoms. The maximum Gasteiger partial charge on any atom is 0.296 e. The van der Waals surface area contributed by atoms with Crippen LogP contribution >= 0.6 is 0 Å². The lowest BCUT2D eigenvalue weighted by Gasteiger charge is -2.25. The van der Waals surface area contributed by atoms with E-state index in [9.17, 15) is 19.8 Å². The van der Waals surface area contributed by atoms with E-state index in [1.165, 1.54) is 17.0 Å². The van der Waals surface area contributed by atoms with E-state index in [4.69, 9.17) is 4.74 Å². The van der Waals surface area contributed by atoms with E-state index >= 15 is 0 Å². The molecule has 2 aromatic carbocycles. The fourth-order valence-electron chi connectivity index (χ4n) is 4.31. The highest BCUT2D eigenvalue weighted by molar-refractivity contribution is 6.46. The van der Waals surface area contributed by atoms with Crippen molar-refractivity contribution in [3.8, 4) is 11.5 Å². The molecule has 1 atom stereocenters. The van der Waals surface area contributed by atoms with Gasteiger partial charge in [0.15, 0.2) is 0 Å². The quantitative estimate of drug-likeness (QED) is 0.317. The number of benzene rings is 2. The second kappa shape index (κ2) is 9.25. The first-order valence-electron chi connectivity index (χ1n) is 11.3. The van der Waals surface area contributed by atoms with Gasteiger partial charge in [-0.1, -0.05) is 39.0 Å². The molecule has 1 aliphatic heterocycles. The lowest BCUT2D eigenvalue weighted by molar-refractivity contribution is -0.140. The van der Waals surface area contributed by atoms with Crippen LogP contribution in [0.1, 0.15) is 49.2 Å². The van der Waals surface area contributed by atoms with Crippen LogP contribution in [0.4, 0.5) is 0 Å². The minimum Gasteiger partial charge on any atom is -0.508 e. The Morgan fingerprint density at radius 1 is 1.06 bits per heavy atom. The van der Waals surface area contributed by atoms with Gasteiger partial charge in [0.05, 0.1) is 31.0 Å². The van der Waals surface area contributed by atoms with Crippen LogP contribution in [-0.2, 0) is 21.5 Å². The number of phenolic OH excluding ortho intramolecular Hbond substituents is 1. The molecule has 0 bridgehead atoms. The largest absolute Gasteiger partial charge is 0.508 e. The zero-order valence-electron chi connectivity index (χ0n) is 20.1. The highest BCUT2D eigenvalue weighted by Crippen LogP contribution is 2.41. The van der Waals surface area contributed by atoms with Crippen LogP contribution in [-0.4, -0.2) is 38.9 Å². The number of aliphatic hydroxyl groups is 1. The first-order valence-corrected chi connectivity index (χ1v) is 11.3. The molecule has 2 N–H and O–H groups in total. The minimum absolute atomic E-state index is 0.0124. The maximum atomic E-state index is 13.3. The fraction of sp³-hybridized carbons (Fsp3) is 0.250. The van der Waals surface area contributed by atoms with Crippen LogP contribution in [0.2, 0.25) is 0 Å². The molecule has 0 saturated carbocycles. The number of carbonyl (C=O) groups is 2. The van der Waals surface area contributed by atoms with Crippen molar-refractivity contribution in [2.75, 3.05) is 7.11 Å². The highest BCUT2D eigenvalue weighted by Gasteiger charge is 2.46. The number of ketones is 1. The molecule has 0 radical (unpaired) electrons. The van der Waals surface area contributed by atoms with Gasteiger partial charge in [-0.25, -0.2) is 0 Å². The summed E-state index contributed by atoms with van der Waals surface area (Å²) < 4.78 is 5.50. The topological polar surface area (TPSA) is 100.0 Å². The van der Waals surface area contributed by atoms with Gasteiger partial charge in [0.25, 0.3) is 11.7 Å². The van der Waals surface area contributed by atoms with Crippen molar-refractivity contribution in [3.05, 3.63) is 94.8 Å². The highest BCUT2D eigenvalue weighted by atomic mass is 16.5. The molecule has 1 amide bonds. The van der Waals surface area contributed by atoms with Crippen LogP contribution in [0.5, 0.6) is 11.5 Å². The summed E-state index contributed by atoms with van der Waals surface area (Å²) in [4.78, 5) is 32.1. The Balaban J connectivity index is 1.89. The van der Waals surface area contributed by atoms with Crippen molar-refractivity contribution in [1.29, 1.82) is 0 Å². The molecule has 3 aromatic rings. The summed E-state index contributed by atoms with van der Waals surface area (Å²) in [6.07, 6.45) is 1.62. The van der Waals surface area contributed by atoms with Gasteiger partial charge in [-0.15, -0.1) is 0 Å². The molecule has 1 aliphatic rings. The first-order chi connectivity index (χ1) is 16.6. The van der Waals surface area contributed by atoms with Gasteiger partial charge in [-0.3, -0.25) is 14.6 Å². The number of aromatic hydroxyl groups is 1. The van der Waals surface area contributed by atoms with E-state index in [-0.39, 0.29) is 29.0 Å². The molecule has 4 rings (SSSR count). The number of aliphatic hydroxyl groups excluding tert-OH is 1. The minimum atomic E-state index is -0.849. The molecule has 1 unspecified atom stereocenters. The molecule has 35 heavy (non-hydrogen) atoms. The number of aromatic nitrogens is 1. The summed E-state index contributed by atoms with van der Waals surface area (Å²) in [5.74, 6) is -1.04. The second-order valence-electron chi connectivity index (χ2n) is 9.50. The molecule has 1 aromatic heterocycles. The molecule has 0 aliphatic carbocycles. The van der Waals surface area contributed by atoms with Crippen molar-refractivity contribution in [2.45, 2.75) is 38.8 Å². The molecule has 2 heterocycles. The van der Waals surface area contributed by atoms with Gasteiger partial charge in [0, 0.05) is 17.3 Å². The van der Waals surface area contributed by atoms with E-state index < -0.39 is 17.7 Å². The zero-order chi connectivity index (χ0) is 25.3. The summed E-state index contributed by atoms with van der Waals surface area (Å²) in [5.41, 5.74) is 2.16. The van der Waals surface area contributed by atoms with Crippen LogP contribution in [0, 0.1) is 0 Å². The van der Waals surface area contributed by atoms with Crippen LogP contribution in [0.25, 0.3) is 5.76 Å². The van der Waals surface area contributed by atoms with E-state index in [1.807, 2.05) is 20.8 Å². The number of likely N-dealkylation sites (tertiary alicyclic amines) is 1. The maximum absolute atomic E-state index is 13.3. The molecule has 0 spiro atoms. The zero-order valence-corrected chi connectivity index (χ0v) is 20.1.